The summed E-state index contributed by atoms with van der Waals surface area (Å²) in [6, 6.07) is 15.1. The summed E-state index contributed by atoms with van der Waals surface area (Å²) in [4.78, 5) is 29.1. The van der Waals surface area contributed by atoms with Crippen molar-refractivity contribution in [1.82, 2.24) is 14.1 Å². The van der Waals surface area contributed by atoms with E-state index >= 15 is 0 Å². The van der Waals surface area contributed by atoms with Crippen LogP contribution in [0, 0.1) is 0 Å². The van der Waals surface area contributed by atoms with Gasteiger partial charge in [0, 0.05) is 18.9 Å². The number of rotatable bonds is 3. The van der Waals surface area contributed by atoms with Crippen LogP contribution < -0.4 is 5.56 Å². The van der Waals surface area contributed by atoms with Crippen molar-refractivity contribution in [2.75, 3.05) is 0 Å². The van der Waals surface area contributed by atoms with E-state index in [9.17, 15) is 9.59 Å². The maximum atomic E-state index is 12.7. The molecule has 26 heavy (non-hydrogen) atoms. The maximum absolute atomic E-state index is 12.7. The summed E-state index contributed by atoms with van der Waals surface area (Å²) >= 11 is 3.57. The minimum Gasteiger partial charge on any atom is -0.298 e. The lowest BCUT2D eigenvalue weighted by atomic mass is 10.1. The summed E-state index contributed by atoms with van der Waals surface area (Å²) in [5, 5.41) is 1.62. The third-order valence-electron chi connectivity index (χ3n) is 4.56. The molecule has 2 heterocycles. The molecule has 0 saturated carbocycles. The van der Waals surface area contributed by atoms with E-state index in [1.54, 1.807) is 28.5 Å². The fraction of sp³-hybridized carbons (Fsp3) is 0.150. The Morgan fingerprint density at radius 2 is 1.77 bits per heavy atom. The van der Waals surface area contributed by atoms with Gasteiger partial charge in [0.1, 0.15) is 0 Å². The molecular weight excluding hydrogens is 394 g/mol. The topological polar surface area (TPSA) is 56.9 Å². The molecule has 6 heteroatoms. The molecule has 5 nitrogen and oxygen atoms in total. The smallest absolute Gasteiger partial charge is 0.261 e. The monoisotopic (exact) mass is 409 g/mol. The van der Waals surface area contributed by atoms with Crippen LogP contribution in [0.4, 0.5) is 0 Å². The number of fused-ring (bicyclic) bond motifs is 2. The number of carbonyl (C=O) groups is 1. The highest BCUT2D eigenvalue weighted by Gasteiger charge is 2.17. The highest BCUT2D eigenvalue weighted by atomic mass is 79.9. The minimum absolute atomic E-state index is 0.0520. The highest BCUT2D eigenvalue weighted by molar-refractivity contribution is 9.10. The van der Waals surface area contributed by atoms with Crippen LogP contribution in [0.2, 0.25) is 0 Å². The molecule has 0 amide bonds. The van der Waals surface area contributed by atoms with Crippen molar-refractivity contribution >= 4 is 43.6 Å². The lowest BCUT2D eigenvalue weighted by Gasteiger charge is -2.07. The van der Waals surface area contributed by atoms with Crippen molar-refractivity contribution in [3.05, 3.63) is 75.4 Å². The van der Waals surface area contributed by atoms with E-state index in [1.165, 1.54) is 0 Å². The zero-order valence-electron chi connectivity index (χ0n) is 14.1. The minimum atomic E-state index is -0.0537. The first-order valence-corrected chi connectivity index (χ1v) is 9.10. The van der Waals surface area contributed by atoms with Crippen LogP contribution in [-0.2, 0) is 13.0 Å². The SMILES string of the molecule is CC(=O)n1c(Br)c(CCn2cnc3ccccc3c2=O)c2ccccc21. The predicted molar refractivity (Wildman–Crippen MR) is 106 cm³/mol. The number of hydrogen-bond acceptors (Lipinski definition) is 3. The number of aryl methyl sites for hydroxylation is 2. The molecule has 0 fully saturated rings. The van der Waals surface area contributed by atoms with E-state index in [-0.39, 0.29) is 11.5 Å². The van der Waals surface area contributed by atoms with E-state index in [0.29, 0.717) is 23.9 Å². The summed E-state index contributed by atoms with van der Waals surface area (Å²) < 4.78 is 4.02. The van der Waals surface area contributed by atoms with Crippen LogP contribution in [0.25, 0.3) is 21.8 Å². The Hall–Kier alpha value is -2.73. The molecule has 0 radical (unpaired) electrons. The van der Waals surface area contributed by atoms with Crippen LogP contribution in [0.5, 0.6) is 0 Å². The fourth-order valence-corrected chi connectivity index (χ4v) is 4.17. The fourth-order valence-electron chi connectivity index (χ4n) is 3.32. The molecule has 130 valence electrons. The first-order chi connectivity index (χ1) is 12.6. The van der Waals surface area contributed by atoms with Gasteiger partial charge in [-0.1, -0.05) is 30.3 Å². The molecule has 2 aromatic heterocycles. The molecule has 0 aliphatic rings. The molecule has 0 aliphatic heterocycles. The van der Waals surface area contributed by atoms with E-state index in [0.717, 1.165) is 21.1 Å². The third-order valence-corrected chi connectivity index (χ3v) is 5.40. The van der Waals surface area contributed by atoms with Gasteiger partial charge in [-0.25, -0.2) is 4.98 Å². The number of benzene rings is 2. The lowest BCUT2D eigenvalue weighted by molar-refractivity contribution is 0.0939. The first-order valence-electron chi connectivity index (χ1n) is 8.31. The van der Waals surface area contributed by atoms with Crippen LogP contribution in [0.1, 0.15) is 17.3 Å². The first kappa shape index (κ1) is 16.7. The number of halogens is 1. The van der Waals surface area contributed by atoms with Crippen LogP contribution in [0.3, 0.4) is 0 Å². The van der Waals surface area contributed by atoms with Crippen molar-refractivity contribution in [2.45, 2.75) is 19.9 Å². The number of carbonyl (C=O) groups excluding carboxylic acids is 1. The van der Waals surface area contributed by atoms with E-state index < -0.39 is 0 Å². The molecule has 4 rings (SSSR count). The zero-order chi connectivity index (χ0) is 18.3. The summed E-state index contributed by atoms with van der Waals surface area (Å²) in [7, 11) is 0. The van der Waals surface area contributed by atoms with Crippen molar-refractivity contribution in [2.24, 2.45) is 0 Å². The van der Waals surface area contributed by atoms with Crippen molar-refractivity contribution < 1.29 is 4.79 Å². The molecule has 0 aliphatic carbocycles. The Kier molecular flexibility index (Phi) is 4.20. The average Bonchev–Trinajstić information content (AvgIpc) is 2.93. The molecule has 0 unspecified atom stereocenters. The molecule has 0 N–H and O–H groups in total. The Morgan fingerprint density at radius 1 is 1.08 bits per heavy atom. The lowest BCUT2D eigenvalue weighted by Crippen LogP contribution is -2.21. The predicted octanol–water partition coefficient (Wildman–Crippen LogP) is 4.02. The van der Waals surface area contributed by atoms with Gasteiger partial charge >= 0.3 is 0 Å². The molecule has 4 aromatic rings. The van der Waals surface area contributed by atoms with Crippen LogP contribution >= 0.6 is 15.9 Å². The van der Waals surface area contributed by atoms with Gasteiger partial charge < -0.3 is 0 Å². The molecular formula is C20H16BrN3O2. The van der Waals surface area contributed by atoms with Gasteiger partial charge in [-0.2, -0.15) is 0 Å². The summed E-state index contributed by atoms with van der Waals surface area (Å²) in [5.41, 5.74) is 2.52. The van der Waals surface area contributed by atoms with Gasteiger partial charge in [-0.05, 0) is 46.1 Å². The summed E-state index contributed by atoms with van der Waals surface area (Å²) in [6.07, 6.45) is 2.20. The Bertz CT molecular complexity index is 1210. The van der Waals surface area contributed by atoms with Gasteiger partial charge in [0.15, 0.2) is 0 Å². The Balaban J connectivity index is 1.75. The van der Waals surface area contributed by atoms with Gasteiger partial charge in [0.05, 0.1) is 27.4 Å². The van der Waals surface area contributed by atoms with E-state index in [1.807, 2.05) is 42.5 Å². The Labute approximate surface area is 158 Å². The molecule has 0 spiro atoms. The summed E-state index contributed by atoms with van der Waals surface area (Å²) in [5.74, 6) is -0.0520. The molecule has 0 saturated heterocycles. The second-order valence-corrected chi connectivity index (χ2v) is 6.90. The van der Waals surface area contributed by atoms with Crippen molar-refractivity contribution in [3.63, 3.8) is 0 Å². The van der Waals surface area contributed by atoms with E-state index in [2.05, 4.69) is 20.9 Å². The molecule has 2 aromatic carbocycles. The second-order valence-electron chi connectivity index (χ2n) is 6.15. The van der Waals surface area contributed by atoms with Gasteiger partial charge in [0.25, 0.3) is 5.56 Å². The van der Waals surface area contributed by atoms with Gasteiger partial charge in [-0.3, -0.25) is 18.7 Å². The third kappa shape index (κ3) is 2.66. The Morgan fingerprint density at radius 3 is 2.54 bits per heavy atom. The number of nitrogens with zero attached hydrogens (tertiary/aromatic N) is 3. The highest BCUT2D eigenvalue weighted by Crippen LogP contribution is 2.31. The number of aromatic nitrogens is 3. The maximum Gasteiger partial charge on any atom is 0.261 e. The van der Waals surface area contributed by atoms with Crippen LogP contribution in [-0.4, -0.2) is 20.0 Å². The normalized spacial score (nSPS) is 11.3. The molecule has 0 atom stereocenters. The zero-order valence-corrected chi connectivity index (χ0v) is 15.7. The standard InChI is InChI=1S/C20H16BrN3O2/c1-13(25)24-18-9-5-3-6-14(18)15(19(24)21)10-11-23-12-22-17-8-4-2-7-16(17)20(23)26/h2-9,12H,10-11H2,1H3. The van der Waals surface area contributed by atoms with E-state index in [4.69, 9.17) is 0 Å². The molecule has 0 bridgehead atoms. The van der Waals surface area contributed by atoms with Gasteiger partial charge in [0.2, 0.25) is 5.91 Å². The average molecular weight is 410 g/mol. The van der Waals surface area contributed by atoms with Crippen molar-refractivity contribution in [3.8, 4) is 0 Å². The quantitative estimate of drug-likeness (QED) is 0.513. The van der Waals surface area contributed by atoms with Crippen LogP contribution in [0.15, 0.2) is 64.3 Å². The number of hydrogen-bond donors (Lipinski definition) is 0. The van der Waals surface area contributed by atoms with Gasteiger partial charge in [-0.15, -0.1) is 0 Å². The second kappa shape index (κ2) is 6.53. The number of para-hydroxylation sites is 2. The largest absolute Gasteiger partial charge is 0.298 e. The summed E-state index contributed by atoms with van der Waals surface area (Å²) in [6.45, 7) is 2.03. The van der Waals surface area contributed by atoms with Crippen molar-refractivity contribution in [1.29, 1.82) is 0 Å².